The van der Waals surface area contributed by atoms with Gasteiger partial charge >= 0.3 is 0 Å². The number of anilines is 2. The van der Waals surface area contributed by atoms with Crippen molar-refractivity contribution in [1.29, 1.82) is 0 Å². The number of fused-ring (bicyclic) bond motifs is 1. The van der Waals surface area contributed by atoms with Gasteiger partial charge < -0.3 is 4.90 Å². The van der Waals surface area contributed by atoms with Crippen LogP contribution in [0.4, 0.5) is 15.9 Å². The molecule has 0 aliphatic rings. The zero-order chi connectivity index (χ0) is 16.5. The van der Waals surface area contributed by atoms with Crippen molar-refractivity contribution in [2.24, 2.45) is 0 Å². The van der Waals surface area contributed by atoms with Gasteiger partial charge in [-0.25, -0.2) is 9.37 Å². The summed E-state index contributed by atoms with van der Waals surface area (Å²) in [5.74, 6) is 0.603. The van der Waals surface area contributed by atoms with Gasteiger partial charge in [-0.3, -0.25) is 0 Å². The van der Waals surface area contributed by atoms with Gasteiger partial charge in [-0.15, -0.1) is 0 Å². The van der Waals surface area contributed by atoms with Crippen LogP contribution in [0.3, 0.4) is 0 Å². The highest BCUT2D eigenvalue weighted by molar-refractivity contribution is 5.70. The molecule has 118 valence electrons. The fraction of sp³-hybridized carbons (Fsp3) is 0.0526. The Hall–Kier alpha value is -3.21. The van der Waals surface area contributed by atoms with Crippen molar-refractivity contribution in [2.75, 3.05) is 11.9 Å². The molecular formula is C19H15FN4. The minimum atomic E-state index is -0.254. The van der Waals surface area contributed by atoms with Crippen molar-refractivity contribution in [2.45, 2.75) is 0 Å². The molecule has 0 atom stereocenters. The maximum Gasteiger partial charge on any atom is 0.158 e. The number of rotatable bonds is 3. The van der Waals surface area contributed by atoms with Gasteiger partial charge in [0, 0.05) is 30.4 Å². The van der Waals surface area contributed by atoms with E-state index in [0.29, 0.717) is 0 Å². The van der Waals surface area contributed by atoms with Crippen molar-refractivity contribution in [3.8, 4) is 11.3 Å². The zero-order valence-electron chi connectivity index (χ0n) is 13.1. The van der Waals surface area contributed by atoms with Crippen LogP contribution in [0.15, 0.2) is 72.9 Å². The number of hydrogen-bond acceptors (Lipinski definition) is 3. The van der Waals surface area contributed by atoms with Crippen LogP contribution in [-0.2, 0) is 0 Å². The molecule has 0 spiro atoms. The lowest BCUT2D eigenvalue weighted by molar-refractivity contribution is 0.628. The third kappa shape index (κ3) is 2.50. The van der Waals surface area contributed by atoms with Crippen LogP contribution >= 0.6 is 0 Å². The van der Waals surface area contributed by atoms with Gasteiger partial charge in [0.1, 0.15) is 11.6 Å². The van der Waals surface area contributed by atoms with Crippen LogP contribution in [0.25, 0.3) is 16.9 Å². The number of benzene rings is 2. The maximum absolute atomic E-state index is 13.2. The highest BCUT2D eigenvalue weighted by Crippen LogP contribution is 2.28. The van der Waals surface area contributed by atoms with E-state index < -0.39 is 0 Å². The summed E-state index contributed by atoms with van der Waals surface area (Å²) in [7, 11) is 1.93. The second kappa shape index (κ2) is 5.77. The summed E-state index contributed by atoms with van der Waals surface area (Å²) in [6, 6.07) is 20.2. The van der Waals surface area contributed by atoms with Gasteiger partial charge in [-0.05, 0) is 24.3 Å². The van der Waals surface area contributed by atoms with Crippen LogP contribution in [0.5, 0.6) is 0 Å². The van der Waals surface area contributed by atoms with Gasteiger partial charge in [0.2, 0.25) is 0 Å². The minimum absolute atomic E-state index is 0.254. The Bertz CT molecular complexity index is 977. The lowest BCUT2D eigenvalue weighted by atomic mass is 10.1. The first-order valence-electron chi connectivity index (χ1n) is 7.62. The molecule has 0 unspecified atom stereocenters. The molecule has 5 heteroatoms. The predicted molar refractivity (Wildman–Crippen MR) is 92.9 cm³/mol. The van der Waals surface area contributed by atoms with E-state index in [-0.39, 0.29) is 5.82 Å². The molecular weight excluding hydrogens is 303 g/mol. The molecule has 0 bridgehead atoms. The van der Waals surface area contributed by atoms with Crippen molar-refractivity contribution in [3.05, 3.63) is 78.7 Å². The Morgan fingerprint density at radius 1 is 0.958 bits per heavy atom. The van der Waals surface area contributed by atoms with Gasteiger partial charge in [0.15, 0.2) is 5.65 Å². The van der Waals surface area contributed by atoms with Crippen molar-refractivity contribution in [3.63, 3.8) is 0 Å². The van der Waals surface area contributed by atoms with Crippen molar-refractivity contribution >= 4 is 17.2 Å². The number of halogens is 1. The number of aromatic nitrogens is 3. The molecule has 2 aromatic heterocycles. The van der Waals surface area contributed by atoms with E-state index in [1.807, 2.05) is 54.4 Å². The van der Waals surface area contributed by atoms with E-state index in [0.717, 1.165) is 28.4 Å². The lowest BCUT2D eigenvalue weighted by Crippen LogP contribution is -2.14. The van der Waals surface area contributed by atoms with Crippen LogP contribution < -0.4 is 4.90 Å². The molecule has 0 saturated carbocycles. The van der Waals surface area contributed by atoms with Crippen LogP contribution in [0, 0.1) is 5.82 Å². The second-order valence-electron chi connectivity index (χ2n) is 5.50. The molecule has 0 saturated heterocycles. The first kappa shape index (κ1) is 14.4. The molecule has 4 rings (SSSR count). The molecule has 0 aliphatic heterocycles. The predicted octanol–water partition coefficient (Wildman–Crippen LogP) is 4.30. The maximum atomic E-state index is 13.2. The average Bonchev–Trinajstić information content (AvgIpc) is 3.10. The van der Waals surface area contributed by atoms with E-state index >= 15 is 0 Å². The highest BCUT2D eigenvalue weighted by atomic mass is 19.1. The molecule has 24 heavy (non-hydrogen) atoms. The van der Waals surface area contributed by atoms with Gasteiger partial charge in [0.25, 0.3) is 0 Å². The van der Waals surface area contributed by atoms with E-state index in [1.165, 1.54) is 12.1 Å². The molecule has 0 fully saturated rings. The first-order valence-corrected chi connectivity index (χ1v) is 7.62. The molecule has 0 aliphatic carbocycles. The topological polar surface area (TPSA) is 33.4 Å². The van der Waals surface area contributed by atoms with Crippen molar-refractivity contribution < 1.29 is 4.39 Å². The molecule has 2 aromatic carbocycles. The smallest absolute Gasteiger partial charge is 0.158 e. The summed E-state index contributed by atoms with van der Waals surface area (Å²) in [6.45, 7) is 0. The standard InChI is InChI=1S/C19H15FN4/c1-23(16-9-7-15(20)8-10-16)19-13-17(14-5-3-2-4-6-14)22-18-11-12-21-24(18)19/h2-13H,1H3. The number of hydrogen-bond donors (Lipinski definition) is 0. The quantitative estimate of drug-likeness (QED) is 0.564. The second-order valence-corrected chi connectivity index (χ2v) is 5.50. The molecule has 0 amide bonds. The summed E-state index contributed by atoms with van der Waals surface area (Å²) in [4.78, 5) is 6.64. The average molecular weight is 318 g/mol. The molecule has 0 radical (unpaired) electrons. The Balaban J connectivity index is 1.87. The first-order chi connectivity index (χ1) is 11.7. The van der Waals surface area contributed by atoms with Gasteiger partial charge in [-0.1, -0.05) is 30.3 Å². The van der Waals surface area contributed by atoms with E-state index in [4.69, 9.17) is 0 Å². The highest BCUT2D eigenvalue weighted by Gasteiger charge is 2.13. The van der Waals surface area contributed by atoms with Crippen LogP contribution in [-0.4, -0.2) is 21.6 Å². The number of nitrogens with zero attached hydrogens (tertiary/aromatic N) is 4. The van der Waals surface area contributed by atoms with Gasteiger partial charge in [-0.2, -0.15) is 9.61 Å². The summed E-state index contributed by atoms with van der Waals surface area (Å²) < 4.78 is 15.0. The Kier molecular flexibility index (Phi) is 3.46. The third-order valence-corrected chi connectivity index (χ3v) is 3.97. The van der Waals surface area contributed by atoms with E-state index in [1.54, 1.807) is 22.8 Å². The largest absolute Gasteiger partial charge is 0.329 e. The van der Waals surface area contributed by atoms with E-state index in [2.05, 4.69) is 10.1 Å². The van der Waals surface area contributed by atoms with Gasteiger partial charge in [0.05, 0.1) is 11.9 Å². The summed E-state index contributed by atoms with van der Waals surface area (Å²) in [5.41, 5.74) is 3.54. The normalized spacial score (nSPS) is 10.9. The molecule has 4 nitrogen and oxygen atoms in total. The summed E-state index contributed by atoms with van der Waals surface area (Å²) >= 11 is 0. The molecule has 2 heterocycles. The third-order valence-electron chi connectivity index (χ3n) is 3.97. The lowest BCUT2D eigenvalue weighted by Gasteiger charge is -2.21. The fourth-order valence-corrected chi connectivity index (χ4v) is 2.69. The summed E-state index contributed by atoms with van der Waals surface area (Å²) in [6.07, 6.45) is 1.72. The van der Waals surface area contributed by atoms with Crippen molar-refractivity contribution in [1.82, 2.24) is 14.6 Å². The Morgan fingerprint density at radius 3 is 2.46 bits per heavy atom. The fourth-order valence-electron chi connectivity index (χ4n) is 2.69. The SMILES string of the molecule is CN(c1ccc(F)cc1)c1cc(-c2ccccc2)nc2ccnn12. The Labute approximate surface area is 138 Å². The molecule has 0 N–H and O–H groups in total. The van der Waals surface area contributed by atoms with E-state index in [9.17, 15) is 4.39 Å². The Morgan fingerprint density at radius 2 is 1.71 bits per heavy atom. The zero-order valence-corrected chi connectivity index (χ0v) is 13.1. The monoisotopic (exact) mass is 318 g/mol. The summed E-state index contributed by atoms with van der Waals surface area (Å²) in [5, 5.41) is 4.36. The molecule has 4 aromatic rings. The minimum Gasteiger partial charge on any atom is -0.329 e. The van der Waals surface area contributed by atoms with Crippen LogP contribution in [0.2, 0.25) is 0 Å². The van der Waals surface area contributed by atoms with Crippen LogP contribution in [0.1, 0.15) is 0 Å².